The van der Waals surface area contributed by atoms with Gasteiger partial charge in [-0.1, -0.05) is 19.8 Å². The van der Waals surface area contributed by atoms with Gasteiger partial charge in [0.15, 0.2) is 0 Å². The number of aromatic nitrogens is 2. The van der Waals surface area contributed by atoms with E-state index in [1.54, 1.807) is 0 Å². The Labute approximate surface area is 127 Å². The zero-order valence-corrected chi connectivity index (χ0v) is 13.1. The fraction of sp³-hybridized carbons (Fsp3) is 0.765. The van der Waals surface area contributed by atoms with Crippen LogP contribution >= 0.6 is 0 Å². The van der Waals surface area contributed by atoms with E-state index in [2.05, 4.69) is 22.2 Å². The summed E-state index contributed by atoms with van der Waals surface area (Å²) in [6.45, 7) is 3.11. The fourth-order valence-electron chi connectivity index (χ4n) is 2.90. The minimum atomic E-state index is 0.341. The molecule has 1 heterocycles. The van der Waals surface area contributed by atoms with Crippen LogP contribution in [0.5, 0.6) is 5.88 Å². The zero-order chi connectivity index (χ0) is 14.5. The van der Waals surface area contributed by atoms with Crippen LogP contribution in [-0.2, 0) is 0 Å². The number of rotatable bonds is 6. The van der Waals surface area contributed by atoms with Gasteiger partial charge in [-0.25, -0.2) is 4.98 Å². The van der Waals surface area contributed by atoms with Crippen LogP contribution in [0.2, 0.25) is 0 Å². The Kier molecular flexibility index (Phi) is 4.94. The molecule has 1 aromatic rings. The molecule has 0 spiro atoms. The van der Waals surface area contributed by atoms with E-state index in [9.17, 15) is 0 Å². The Hall–Kier alpha value is -1.32. The highest BCUT2D eigenvalue weighted by Crippen LogP contribution is 2.39. The van der Waals surface area contributed by atoms with Gasteiger partial charge in [-0.05, 0) is 44.9 Å². The summed E-state index contributed by atoms with van der Waals surface area (Å²) in [4.78, 5) is 9.30. The third-order valence-corrected chi connectivity index (χ3v) is 4.31. The monoisotopic (exact) mass is 289 g/mol. The molecule has 0 unspecified atom stereocenters. The zero-order valence-electron chi connectivity index (χ0n) is 13.1. The van der Waals surface area contributed by atoms with Crippen LogP contribution in [0.25, 0.3) is 0 Å². The lowest BCUT2D eigenvalue weighted by Crippen LogP contribution is -2.17. The summed E-state index contributed by atoms with van der Waals surface area (Å²) < 4.78 is 6.18. The molecular weight excluding hydrogens is 262 g/mol. The van der Waals surface area contributed by atoms with Crippen LogP contribution < -0.4 is 10.1 Å². The van der Waals surface area contributed by atoms with Gasteiger partial charge in [0.1, 0.15) is 17.7 Å². The number of nitrogens with one attached hydrogen (secondary N) is 1. The van der Waals surface area contributed by atoms with Crippen LogP contribution in [0.4, 0.5) is 5.82 Å². The maximum atomic E-state index is 6.18. The molecule has 1 N–H and O–H groups in total. The highest BCUT2D eigenvalue weighted by atomic mass is 16.5. The molecule has 0 atom stereocenters. The lowest BCUT2D eigenvalue weighted by atomic mass is 10.1. The van der Waals surface area contributed by atoms with E-state index in [4.69, 9.17) is 4.74 Å². The van der Waals surface area contributed by atoms with Crippen molar-refractivity contribution in [1.29, 1.82) is 0 Å². The van der Waals surface area contributed by atoms with Crippen molar-refractivity contribution in [3.05, 3.63) is 11.9 Å². The average molecular weight is 289 g/mol. The minimum absolute atomic E-state index is 0.341. The van der Waals surface area contributed by atoms with E-state index in [-0.39, 0.29) is 0 Å². The largest absolute Gasteiger partial charge is 0.474 e. The number of ether oxygens (including phenoxy) is 1. The van der Waals surface area contributed by atoms with Crippen LogP contribution in [0.1, 0.15) is 76.5 Å². The lowest BCUT2D eigenvalue weighted by Gasteiger charge is -2.17. The van der Waals surface area contributed by atoms with Crippen molar-refractivity contribution in [2.45, 2.75) is 76.7 Å². The summed E-state index contributed by atoms with van der Waals surface area (Å²) in [5, 5.41) is 3.38. The van der Waals surface area contributed by atoms with Crippen molar-refractivity contribution < 1.29 is 4.74 Å². The van der Waals surface area contributed by atoms with E-state index in [1.165, 1.54) is 51.4 Å². The lowest BCUT2D eigenvalue weighted by molar-refractivity contribution is 0.175. The van der Waals surface area contributed by atoms with E-state index in [1.807, 2.05) is 6.07 Å². The van der Waals surface area contributed by atoms with Crippen molar-refractivity contribution in [2.24, 2.45) is 0 Å². The molecule has 0 saturated heterocycles. The van der Waals surface area contributed by atoms with Gasteiger partial charge < -0.3 is 10.1 Å². The van der Waals surface area contributed by atoms with Crippen LogP contribution in [0.15, 0.2) is 6.07 Å². The second kappa shape index (κ2) is 7.10. The molecule has 1 aromatic heterocycles. The number of anilines is 1. The summed E-state index contributed by atoms with van der Waals surface area (Å²) >= 11 is 0. The molecule has 2 saturated carbocycles. The van der Waals surface area contributed by atoms with Gasteiger partial charge in [-0.2, -0.15) is 4.98 Å². The normalized spacial score (nSPS) is 20.0. The molecule has 0 bridgehead atoms. The van der Waals surface area contributed by atoms with Gasteiger partial charge in [0, 0.05) is 18.5 Å². The molecule has 116 valence electrons. The molecule has 2 aliphatic carbocycles. The summed E-state index contributed by atoms with van der Waals surface area (Å²) in [5.74, 6) is 3.24. The van der Waals surface area contributed by atoms with Crippen molar-refractivity contribution in [2.75, 3.05) is 11.9 Å². The Balaban J connectivity index is 1.71. The van der Waals surface area contributed by atoms with Gasteiger partial charge >= 0.3 is 0 Å². The molecule has 0 amide bonds. The first kappa shape index (κ1) is 14.6. The molecule has 21 heavy (non-hydrogen) atoms. The van der Waals surface area contributed by atoms with Gasteiger partial charge in [-0.15, -0.1) is 0 Å². The Morgan fingerprint density at radius 3 is 2.52 bits per heavy atom. The Bertz CT molecular complexity index is 451. The second-order valence-electron chi connectivity index (χ2n) is 6.38. The quantitative estimate of drug-likeness (QED) is 0.794. The summed E-state index contributed by atoms with van der Waals surface area (Å²) in [7, 11) is 0. The fourth-order valence-corrected chi connectivity index (χ4v) is 2.90. The van der Waals surface area contributed by atoms with Crippen LogP contribution in [0, 0.1) is 0 Å². The minimum Gasteiger partial charge on any atom is -0.474 e. The number of hydrogen-bond acceptors (Lipinski definition) is 4. The third-order valence-electron chi connectivity index (χ3n) is 4.31. The SMILES string of the molecule is CCCNc1cc(OC2CCCCCC2)nc(C2CC2)n1. The Morgan fingerprint density at radius 1 is 1.10 bits per heavy atom. The molecule has 0 aliphatic heterocycles. The maximum Gasteiger partial charge on any atom is 0.219 e. The van der Waals surface area contributed by atoms with Gasteiger partial charge in [-0.3, -0.25) is 0 Å². The highest BCUT2D eigenvalue weighted by Gasteiger charge is 2.28. The molecule has 2 aliphatic rings. The number of nitrogens with zero attached hydrogens (tertiary/aromatic N) is 2. The maximum absolute atomic E-state index is 6.18. The second-order valence-corrected chi connectivity index (χ2v) is 6.38. The molecule has 0 aromatic carbocycles. The van der Waals surface area contributed by atoms with Crippen molar-refractivity contribution in [3.63, 3.8) is 0 Å². The van der Waals surface area contributed by atoms with E-state index in [0.717, 1.165) is 30.5 Å². The molecular formula is C17H27N3O. The predicted octanol–water partition coefficient (Wildman–Crippen LogP) is 4.28. The Morgan fingerprint density at radius 2 is 1.86 bits per heavy atom. The van der Waals surface area contributed by atoms with E-state index < -0.39 is 0 Å². The third kappa shape index (κ3) is 4.32. The molecule has 4 nitrogen and oxygen atoms in total. The summed E-state index contributed by atoms with van der Waals surface area (Å²) in [5.41, 5.74) is 0. The molecule has 0 radical (unpaired) electrons. The standard InChI is InChI=1S/C17H27N3O/c1-2-11-18-15-12-16(20-17(19-15)13-9-10-13)21-14-7-5-3-4-6-8-14/h12-14H,2-11H2,1H3,(H,18,19,20). The van der Waals surface area contributed by atoms with Gasteiger partial charge in [0.25, 0.3) is 0 Å². The average Bonchev–Trinajstić information content (AvgIpc) is 3.32. The first-order valence-corrected chi connectivity index (χ1v) is 8.64. The summed E-state index contributed by atoms with van der Waals surface area (Å²) in [6, 6.07) is 1.98. The van der Waals surface area contributed by atoms with Gasteiger partial charge in [0.2, 0.25) is 5.88 Å². The first-order valence-electron chi connectivity index (χ1n) is 8.64. The molecule has 4 heteroatoms. The first-order chi connectivity index (χ1) is 10.3. The number of hydrogen-bond donors (Lipinski definition) is 1. The summed E-state index contributed by atoms with van der Waals surface area (Å²) in [6.07, 6.45) is 11.5. The van der Waals surface area contributed by atoms with Gasteiger partial charge in [0.05, 0.1) is 0 Å². The van der Waals surface area contributed by atoms with Crippen molar-refractivity contribution in [1.82, 2.24) is 9.97 Å². The molecule has 2 fully saturated rings. The van der Waals surface area contributed by atoms with E-state index >= 15 is 0 Å². The van der Waals surface area contributed by atoms with Crippen LogP contribution in [-0.4, -0.2) is 22.6 Å². The molecule has 3 rings (SSSR count). The van der Waals surface area contributed by atoms with Crippen molar-refractivity contribution in [3.8, 4) is 5.88 Å². The van der Waals surface area contributed by atoms with Crippen molar-refractivity contribution >= 4 is 5.82 Å². The topological polar surface area (TPSA) is 47.0 Å². The smallest absolute Gasteiger partial charge is 0.219 e. The highest BCUT2D eigenvalue weighted by molar-refractivity contribution is 5.39. The predicted molar refractivity (Wildman–Crippen MR) is 84.9 cm³/mol. The van der Waals surface area contributed by atoms with Crippen LogP contribution in [0.3, 0.4) is 0 Å². The van der Waals surface area contributed by atoms with E-state index in [0.29, 0.717) is 12.0 Å².